The Labute approximate surface area is 233 Å². The molecular weight excluding hydrogens is 522 g/mol. The Kier molecular flexibility index (Phi) is 11.9. The van der Waals surface area contributed by atoms with Gasteiger partial charge in [-0.2, -0.15) is 0 Å². The van der Waals surface area contributed by atoms with Crippen LogP contribution in [0.4, 0.5) is 0 Å². The number of nitrogens with zero attached hydrogens (tertiary/aromatic N) is 1. The number of phenolic OH excluding ortho intramolecular Hbond substituents is 1. The molecule has 222 valence electrons. The summed E-state index contributed by atoms with van der Waals surface area (Å²) in [6, 6.07) is 0.624. The Morgan fingerprint density at radius 2 is 1.57 bits per heavy atom. The van der Waals surface area contributed by atoms with Crippen LogP contribution in [0.2, 0.25) is 0 Å². The van der Waals surface area contributed by atoms with E-state index >= 15 is 0 Å². The van der Waals surface area contributed by atoms with Gasteiger partial charge in [-0.25, -0.2) is 4.79 Å². The van der Waals surface area contributed by atoms with Crippen LogP contribution in [0.3, 0.4) is 0 Å². The Balaban J connectivity index is 2.25. The molecule has 0 unspecified atom stereocenters. The van der Waals surface area contributed by atoms with Crippen LogP contribution in [0.5, 0.6) is 5.75 Å². The van der Waals surface area contributed by atoms with Crippen molar-refractivity contribution in [1.82, 2.24) is 20.9 Å². The Hall–Kier alpha value is -3.71. The third kappa shape index (κ3) is 9.19. The second-order valence-electron chi connectivity index (χ2n) is 10.7. The Morgan fingerprint density at radius 1 is 0.975 bits per heavy atom. The van der Waals surface area contributed by atoms with E-state index in [9.17, 15) is 39.3 Å². The van der Waals surface area contributed by atoms with Crippen LogP contribution in [-0.2, 0) is 30.4 Å². The number of hydrogen-bond acceptors (Lipinski definition) is 8. The van der Waals surface area contributed by atoms with E-state index in [1.807, 2.05) is 13.8 Å². The monoisotopic (exact) mass is 563 g/mol. The minimum Gasteiger partial charge on any atom is -0.508 e. The molecule has 6 atom stereocenters. The first-order chi connectivity index (χ1) is 18.7. The number of carbonyl (C=O) groups is 5. The molecule has 40 heavy (non-hydrogen) atoms. The van der Waals surface area contributed by atoms with Gasteiger partial charge in [-0.15, -0.1) is 0 Å². The van der Waals surface area contributed by atoms with Crippen LogP contribution in [-0.4, -0.2) is 92.7 Å². The first-order valence-corrected chi connectivity index (χ1v) is 13.4. The summed E-state index contributed by atoms with van der Waals surface area (Å²) in [6.45, 7) is 6.68. The molecule has 4 amide bonds. The maximum Gasteiger partial charge on any atom is 0.328 e. The van der Waals surface area contributed by atoms with Crippen LogP contribution in [0.15, 0.2) is 24.3 Å². The zero-order valence-electron chi connectivity index (χ0n) is 23.3. The van der Waals surface area contributed by atoms with E-state index in [0.717, 1.165) is 0 Å². The van der Waals surface area contributed by atoms with Gasteiger partial charge in [-0.3, -0.25) is 19.2 Å². The summed E-state index contributed by atoms with van der Waals surface area (Å²) in [7, 11) is 0. The van der Waals surface area contributed by atoms with E-state index in [2.05, 4.69) is 16.0 Å². The predicted octanol–water partition coefficient (Wildman–Crippen LogP) is -0.761. The van der Waals surface area contributed by atoms with Crippen molar-refractivity contribution in [3.8, 4) is 5.75 Å². The van der Waals surface area contributed by atoms with Crippen molar-refractivity contribution in [3.05, 3.63) is 29.8 Å². The molecule has 0 aliphatic carbocycles. The highest BCUT2D eigenvalue weighted by molar-refractivity contribution is 5.95. The van der Waals surface area contributed by atoms with Gasteiger partial charge in [0.15, 0.2) is 6.04 Å². The van der Waals surface area contributed by atoms with E-state index in [-0.39, 0.29) is 31.1 Å². The van der Waals surface area contributed by atoms with Crippen molar-refractivity contribution in [2.45, 2.75) is 89.7 Å². The first-order valence-electron chi connectivity index (χ1n) is 13.4. The van der Waals surface area contributed by atoms with Gasteiger partial charge in [0.2, 0.25) is 23.6 Å². The van der Waals surface area contributed by atoms with Gasteiger partial charge in [0.25, 0.3) is 0 Å². The topological polar surface area (TPSA) is 211 Å². The standard InChI is InChI=1S/C27H41N5O8/c1-14(2)12-20(26(38)32-11-5-6-21(32)25(37)31-22(16(4)33)27(39)40)30-24(36)19(29-23(35)15(3)28)13-17-7-9-18(34)10-8-17/h7-10,14-16,19-22,33-34H,5-6,11-13,28H2,1-4H3,(H,29,35)(H,30,36)(H,31,37)(H,39,40)/t15-,16+,19-,20-,21-,22-/m0/s1. The molecule has 8 N–H and O–H groups in total. The normalized spacial score (nSPS) is 18.8. The highest BCUT2D eigenvalue weighted by atomic mass is 16.4. The molecule has 1 aliphatic rings. The second-order valence-corrected chi connectivity index (χ2v) is 10.7. The number of rotatable bonds is 13. The lowest BCUT2D eigenvalue weighted by Crippen LogP contribution is -2.59. The van der Waals surface area contributed by atoms with E-state index in [1.54, 1.807) is 12.1 Å². The van der Waals surface area contributed by atoms with Gasteiger partial charge in [-0.1, -0.05) is 26.0 Å². The summed E-state index contributed by atoms with van der Waals surface area (Å²) < 4.78 is 0. The average Bonchev–Trinajstić information content (AvgIpc) is 3.36. The number of aliphatic carboxylic acids is 1. The average molecular weight is 564 g/mol. The van der Waals surface area contributed by atoms with Gasteiger partial charge < -0.3 is 41.9 Å². The number of carbonyl (C=O) groups excluding carboxylic acids is 4. The summed E-state index contributed by atoms with van der Waals surface area (Å²) in [4.78, 5) is 65.2. The van der Waals surface area contributed by atoms with Crippen molar-refractivity contribution < 1.29 is 39.3 Å². The van der Waals surface area contributed by atoms with Crippen molar-refractivity contribution >= 4 is 29.6 Å². The third-order valence-electron chi connectivity index (χ3n) is 6.63. The van der Waals surface area contributed by atoms with Gasteiger partial charge in [0.05, 0.1) is 12.1 Å². The molecule has 1 aliphatic heterocycles. The lowest BCUT2D eigenvalue weighted by molar-refractivity contribution is -0.147. The number of amides is 4. The quantitative estimate of drug-likeness (QED) is 0.160. The number of likely N-dealkylation sites (tertiary alicyclic amines) is 1. The predicted molar refractivity (Wildman–Crippen MR) is 145 cm³/mol. The lowest BCUT2D eigenvalue weighted by Gasteiger charge is -2.31. The largest absolute Gasteiger partial charge is 0.508 e. The van der Waals surface area contributed by atoms with Crippen LogP contribution in [0, 0.1) is 5.92 Å². The molecule has 13 nitrogen and oxygen atoms in total. The fourth-order valence-electron chi connectivity index (χ4n) is 4.49. The summed E-state index contributed by atoms with van der Waals surface area (Å²) in [6.07, 6.45) is -0.254. The molecule has 0 saturated carbocycles. The third-order valence-corrected chi connectivity index (χ3v) is 6.63. The maximum absolute atomic E-state index is 13.7. The molecular formula is C27H41N5O8. The minimum absolute atomic E-state index is 0.0232. The number of carboxylic acids is 1. The van der Waals surface area contributed by atoms with E-state index < -0.39 is 65.9 Å². The van der Waals surface area contributed by atoms with Crippen molar-refractivity contribution in [1.29, 1.82) is 0 Å². The summed E-state index contributed by atoms with van der Waals surface area (Å²) in [5.74, 6) is -3.79. The minimum atomic E-state index is -1.54. The molecule has 1 aromatic rings. The van der Waals surface area contributed by atoms with Crippen LogP contribution in [0.25, 0.3) is 0 Å². The molecule has 1 heterocycles. The number of aliphatic hydroxyl groups excluding tert-OH is 1. The van der Waals surface area contributed by atoms with Crippen LogP contribution < -0.4 is 21.7 Å². The molecule has 13 heteroatoms. The fourth-order valence-corrected chi connectivity index (χ4v) is 4.49. The van der Waals surface area contributed by atoms with Crippen molar-refractivity contribution in [2.24, 2.45) is 11.7 Å². The van der Waals surface area contributed by atoms with Crippen LogP contribution in [0.1, 0.15) is 52.5 Å². The number of phenols is 1. The molecule has 1 aromatic carbocycles. The number of aromatic hydroxyl groups is 1. The molecule has 0 radical (unpaired) electrons. The van der Waals surface area contributed by atoms with Gasteiger partial charge >= 0.3 is 5.97 Å². The van der Waals surface area contributed by atoms with Gasteiger partial charge in [0.1, 0.15) is 23.9 Å². The molecule has 0 bridgehead atoms. The van der Waals surface area contributed by atoms with E-state index in [0.29, 0.717) is 18.4 Å². The SMILES string of the molecule is CC(C)C[C@H](NC(=O)[C@H](Cc1ccc(O)cc1)NC(=O)[C@H](C)N)C(=O)N1CCC[C@H]1C(=O)N[C@H](C(=O)O)[C@@H](C)O. The number of aliphatic hydroxyl groups is 1. The summed E-state index contributed by atoms with van der Waals surface area (Å²) in [5, 5.41) is 36.3. The zero-order chi connectivity index (χ0) is 30.1. The smallest absolute Gasteiger partial charge is 0.328 e. The molecule has 1 saturated heterocycles. The molecule has 1 fully saturated rings. The van der Waals surface area contributed by atoms with E-state index in [1.165, 1.54) is 30.9 Å². The van der Waals surface area contributed by atoms with Crippen molar-refractivity contribution in [3.63, 3.8) is 0 Å². The van der Waals surface area contributed by atoms with E-state index in [4.69, 9.17) is 5.73 Å². The fraction of sp³-hybridized carbons (Fsp3) is 0.593. The van der Waals surface area contributed by atoms with Gasteiger partial charge in [0, 0.05) is 13.0 Å². The maximum atomic E-state index is 13.7. The second kappa shape index (κ2) is 14.6. The summed E-state index contributed by atoms with van der Waals surface area (Å²) in [5.41, 5.74) is 6.33. The Bertz CT molecular complexity index is 1060. The number of nitrogens with two attached hydrogens (primary N) is 1. The number of hydrogen-bond donors (Lipinski definition) is 7. The molecule has 0 aromatic heterocycles. The molecule has 2 rings (SSSR count). The Morgan fingerprint density at radius 3 is 2.10 bits per heavy atom. The lowest BCUT2D eigenvalue weighted by atomic mass is 10.00. The zero-order valence-corrected chi connectivity index (χ0v) is 23.3. The highest BCUT2D eigenvalue weighted by Gasteiger charge is 2.40. The number of nitrogens with one attached hydrogen (secondary N) is 3. The highest BCUT2D eigenvalue weighted by Crippen LogP contribution is 2.21. The first kappa shape index (κ1) is 32.5. The van der Waals surface area contributed by atoms with Crippen LogP contribution >= 0.6 is 0 Å². The number of carboxylic acid groups (broad SMARTS) is 1. The van der Waals surface area contributed by atoms with Crippen molar-refractivity contribution in [2.75, 3.05) is 6.54 Å². The van der Waals surface area contributed by atoms with Gasteiger partial charge in [-0.05, 0) is 56.7 Å². The summed E-state index contributed by atoms with van der Waals surface area (Å²) >= 11 is 0. The number of benzene rings is 1. The molecule has 0 spiro atoms.